The summed E-state index contributed by atoms with van der Waals surface area (Å²) in [6.45, 7) is 0. The molecule has 3 N–H and O–H groups in total. The summed E-state index contributed by atoms with van der Waals surface area (Å²) in [5.41, 5.74) is 1.35. The van der Waals surface area contributed by atoms with E-state index in [0.717, 1.165) is 17.8 Å². The number of para-hydroxylation sites is 1. The molecule has 31 heavy (non-hydrogen) atoms. The number of carbonyl (C=O) groups excluding carboxylic acids is 2. The van der Waals surface area contributed by atoms with Gasteiger partial charge in [-0.15, -0.1) is 10.2 Å². The van der Waals surface area contributed by atoms with E-state index >= 15 is 0 Å². The summed E-state index contributed by atoms with van der Waals surface area (Å²) in [5.74, 6) is 0.103. The van der Waals surface area contributed by atoms with Crippen molar-refractivity contribution in [2.24, 2.45) is 0 Å². The van der Waals surface area contributed by atoms with Crippen molar-refractivity contribution < 1.29 is 9.59 Å². The summed E-state index contributed by atoms with van der Waals surface area (Å²) in [6.07, 6.45) is 5.94. The zero-order chi connectivity index (χ0) is 21.5. The average molecular weight is 436 g/mol. The molecule has 1 saturated carbocycles. The largest absolute Gasteiger partial charge is 0.324 e. The van der Waals surface area contributed by atoms with Gasteiger partial charge in [0, 0.05) is 11.6 Å². The summed E-state index contributed by atoms with van der Waals surface area (Å²) in [7, 11) is 0. The molecule has 0 aliphatic heterocycles. The second kappa shape index (κ2) is 10.2. The molecule has 1 fully saturated rings. The fourth-order valence-corrected chi connectivity index (χ4v) is 4.65. The van der Waals surface area contributed by atoms with Crippen molar-refractivity contribution in [1.82, 2.24) is 15.5 Å². The molecule has 0 saturated heterocycles. The first-order valence-electron chi connectivity index (χ1n) is 10.5. The highest BCUT2D eigenvalue weighted by molar-refractivity contribution is 7.15. The van der Waals surface area contributed by atoms with E-state index in [9.17, 15) is 9.59 Å². The standard InChI is InChI=1S/C23H25N5O2S/c29-20(24-18-14-8-3-9-15-18)19(16-10-4-1-5-11-16)25-22(30)26-23-28-27-21(31-23)17-12-6-2-7-13-17/h1,3-5,8-11,14-15,17,19H,2,6-7,12-13H2,(H,24,29)(H2,25,26,28,30). The number of rotatable bonds is 6. The predicted molar refractivity (Wildman–Crippen MR) is 122 cm³/mol. The average Bonchev–Trinajstić information content (AvgIpc) is 3.27. The summed E-state index contributed by atoms with van der Waals surface area (Å²) in [4.78, 5) is 25.6. The molecule has 1 atom stereocenters. The molecule has 2 aromatic carbocycles. The zero-order valence-corrected chi connectivity index (χ0v) is 17.9. The third-order valence-corrected chi connectivity index (χ3v) is 6.33. The van der Waals surface area contributed by atoms with Crippen LogP contribution in [0.2, 0.25) is 0 Å². The molecule has 3 amide bonds. The van der Waals surface area contributed by atoms with Crippen molar-refractivity contribution in [3.63, 3.8) is 0 Å². The molecular formula is C23H25N5O2S. The van der Waals surface area contributed by atoms with Gasteiger partial charge in [-0.25, -0.2) is 4.79 Å². The number of aromatic nitrogens is 2. The van der Waals surface area contributed by atoms with Gasteiger partial charge in [-0.3, -0.25) is 10.1 Å². The Labute approximate surface area is 185 Å². The molecule has 0 spiro atoms. The van der Waals surface area contributed by atoms with Crippen LogP contribution < -0.4 is 16.0 Å². The number of carbonyl (C=O) groups is 2. The van der Waals surface area contributed by atoms with Gasteiger partial charge in [0.25, 0.3) is 5.91 Å². The maximum Gasteiger partial charge on any atom is 0.322 e. The fraction of sp³-hybridized carbons (Fsp3) is 0.304. The molecule has 7 nitrogen and oxygen atoms in total. The maximum absolute atomic E-state index is 12.9. The Bertz CT molecular complexity index is 1000. The van der Waals surface area contributed by atoms with Crippen LogP contribution in [-0.4, -0.2) is 22.1 Å². The lowest BCUT2D eigenvalue weighted by molar-refractivity contribution is -0.118. The minimum Gasteiger partial charge on any atom is -0.324 e. The van der Waals surface area contributed by atoms with E-state index < -0.39 is 12.1 Å². The summed E-state index contributed by atoms with van der Waals surface area (Å²) < 4.78 is 0. The first kappa shape index (κ1) is 21.0. The molecule has 1 heterocycles. The number of urea groups is 1. The first-order chi connectivity index (χ1) is 15.2. The summed E-state index contributed by atoms with van der Waals surface area (Å²) in [6, 6.07) is 16.9. The van der Waals surface area contributed by atoms with Gasteiger partial charge in [0.2, 0.25) is 5.13 Å². The van der Waals surface area contributed by atoms with Crippen LogP contribution >= 0.6 is 11.3 Å². The van der Waals surface area contributed by atoms with Crippen LogP contribution in [-0.2, 0) is 4.79 Å². The highest BCUT2D eigenvalue weighted by Crippen LogP contribution is 2.35. The second-order valence-electron chi connectivity index (χ2n) is 7.58. The Kier molecular flexibility index (Phi) is 6.89. The SMILES string of the molecule is O=C(Nc1nnc(C2CCCCC2)s1)NC(C(=O)Nc1ccccc1)c1ccccc1. The molecule has 1 aromatic heterocycles. The number of benzene rings is 2. The van der Waals surface area contributed by atoms with Crippen LogP contribution in [0.25, 0.3) is 0 Å². The van der Waals surface area contributed by atoms with Crippen LogP contribution in [0.5, 0.6) is 0 Å². The van der Waals surface area contributed by atoms with Crippen LogP contribution in [0.15, 0.2) is 60.7 Å². The number of nitrogens with zero attached hydrogens (tertiary/aromatic N) is 2. The quantitative estimate of drug-likeness (QED) is 0.503. The molecule has 8 heteroatoms. The van der Waals surface area contributed by atoms with Gasteiger partial charge in [-0.05, 0) is 30.5 Å². The lowest BCUT2D eigenvalue weighted by atomic mass is 9.90. The van der Waals surface area contributed by atoms with E-state index in [1.807, 2.05) is 48.5 Å². The van der Waals surface area contributed by atoms with Crippen LogP contribution in [0.4, 0.5) is 15.6 Å². The third kappa shape index (κ3) is 5.67. The number of amides is 3. The van der Waals surface area contributed by atoms with E-state index in [4.69, 9.17) is 0 Å². The highest BCUT2D eigenvalue weighted by Gasteiger charge is 2.24. The predicted octanol–water partition coefficient (Wildman–Crippen LogP) is 5.09. The number of hydrogen-bond acceptors (Lipinski definition) is 5. The van der Waals surface area contributed by atoms with Crippen molar-refractivity contribution in [1.29, 1.82) is 0 Å². The molecule has 160 valence electrons. The first-order valence-corrected chi connectivity index (χ1v) is 11.3. The van der Waals surface area contributed by atoms with E-state index in [1.165, 1.54) is 30.6 Å². The molecule has 1 unspecified atom stereocenters. The third-order valence-electron chi connectivity index (χ3n) is 5.33. The van der Waals surface area contributed by atoms with E-state index in [2.05, 4.69) is 26.1 Å². The number of nitrogens with one attached hydrogen (secondary N) is 3. The van der Waals surface area contributed by atoms with Crippen molar-refractivity contribution in [2.45, 2.75) is 44.1 Å². The number of hydrogen-bond donors (Lipinski definition) is 3. The smallest absolute Gasteiger partial charge is 0.322 e. The lowest BCUT2D eigenvalue weighted by Gasteiger charge is -2.19. The molecule has 0 radical (unpaired) electrons. The van der Waals surface area contributed by atoms with Crippen molar-refractivity contribution in [3.05, 3.63) is 71.2 Å². The van der Waals surface area contributed by atoms with Gasteiger partial charge in [-0.1, -0.05) is 79.1 Å². The van der Waals surface area contributed by atoms with E-state index in [0.29, 0.717) is 22.3 Å². The summed E-state index contributed by atoms with van der Waals surface area (Å²) >= 11 is 1.41. The molecule has 3 aromatic rings. The lowest BCUT2D eigenvalue weighted by Crippen LogP contribution is -2.39. The molecule has 1 aliphatic carbocycles. The van der Waals surface area contributed by atoms with E-state index in [-0.39, 0.29) is 5.91 Å². The number of anilines is 2. The van der Waals surface area contributed by atoms with Crippen molar-refractivity contribution in [2.75, 3.05) is 10.6 Å². The van der Waals surface area contributed by atoms with Gasteiger partial charge in [0.05, 0.1) is 0 Å². The molecule has 4 rings (SSSR count). The van der Waals surface area contributed by atoms with Crippen LogP contribution in [0.1, 0.15) is 54.6 Å². The topological polar surface area (TPSA) is 96.0 Å². The monoisotopic (exact) mass is 435 g/mol. The summed E-state index contributed by atoms with van der Waals surface area (Å²) in [5, 5.41) is 18.1. The van der Waals surface area contributed by atoms with Crippen LogP contribution in [0.3, 0.4) is 0 Å². The minimum atomic E-state index is -0.854. The van der Waals surface area contributed by atoms with Crippen molar-refractivity contribution in [3.8, 4) is 0 Å². The van der Waals surface area contributed by atoms with Gasteiger partial charge >= 0.3 is 6.03 Å². The van der Waals surface area contributed by atoms with Crippen molar-refractivity contribution >= 4 is 34.1 Å². The second-order valence-corrected chi connectivity index (χ2v) is 8.59. The highest BCUT2D eigenvalue weighted by atomic mass is 32.1. The Morgan fingerprint density at radius 3 is 2.26 bits per heavy atom. The Balaban J connectivity index is 1.43. The minimum absolute atomic E-state index is 0.326. The Morgan fingerprint density at radius 2 is 1.55 bits per heavy atom. The Hall–Kier alpha value is -3.26. The van der Waals surface area contributed by atoms with E-state index in [1.54, 1.807) is 12.1 Å². The Morgan fingerprint density at radius 1 is 0.871 bits per heavy atom. The normalized spacial score (nSPS) is 15.1. The van der Waals surface area contributed by atoms with Gasteiger partial charge < -0.3 is 10.6 Å². The molecule has 1 aliphatic rings. The van der Waals surface area contributed by atoms with Gasteiger partial charge in [0.15, 0.2) is 0 Å². The van der Waals surface area contributed by atoms with Gasteiger partial charge in [-0.2, -0.15) is 0 Å². The van der Waals surface area contributed by atoms with Crippen LogP contribution in [0, 0.1) is 0 Å². The van der Waals surface area contributed by atoms with Gasteiger partial charge in [0.1, 0.15) is 11.0 Å². The maximum atomic E-state index is 12.9. The fourth-order valence-electron chi connectivity index (χ4n) is 3.75. The zero-order valence-electron chi connectivity index (χ0n) is 17.1. The molecule has 0 bridgehead atoms. The molecular weight excluding hydrogens is 410 g/mol.